The maximum absolute atomic E-state index is 14.1. The number of phenolic OH excluding ortho intramolecular Hbond substituents is 1. The molecule has 0 bridgehead atoms. The van der Waals surface area contributed by atoms with Crippen LogP contribution in [-0.2, 0) is 4.79 Å². The van der Waals surface area contributed by atoms with Crippen molar-refractivity contribution in [3.8, 4) is 17.2 Å². The van der Waals surface area contributed by atoms with Gasteiger partial charge in [-0.25, -0.2) is 0 Å². The van der Waals surface area contributed by atoms with Gasteiger partial charge in [-0.2, -0.15) is 9.37 Å². The molecule has 2 aromatic carbocycles. The first kappa shape index (κ1) is 22.1. The van der Waals surface area contributed by atoms with Gasteiger partial charge in [-0.05, 0) is 30.3 Å². The number of aromatic hydroxyl groups is 1. The third-order valence-electron chi connectivity index (χ3n) is 3.87. The van der Waals surface area contributed by atoms with Crippen LogP contribution < -0.4 is 15.4 Å². The van der Waals surface area contributed by atoms with E-state index in [-0.39, 0.29) is 33.7 Å². The first-order valence-corrected chi connectivity index (χ1v) is 9.39. The Kier molecular flexibility index (Phi) is 6.78. The van der Waals surface area contributed by atoms with Gasteiger partial charge in [-0.15, -0.1) is 0 Å². The molecular weight excluding hydrogens is 452 g/mol. The Morgan fingerprint density at radius 1 is 1.10 bits per heavy atom. The molecule has 0 aliphatic heterocycles. The summed E-state index contributed by atoms with van der Waals surface area (Å²) < 4.78 is 19.6. The fraction of sp³-hybridized carbons (Fsp3) is 0.0500. The number of anilines is 2. The van der Waals surface area contributed by atoms with Crippen LogP contribution >= 0.6 is 23.2 Å². The zero-order valence-electron chi connectivity index (χ0n) is 15.5. The number of carbonyl (C=O) groups excluding carboxylic acids is 1. The van der Waals surface area contributed by atoms with Crippen LogP contribution in [0.2, 0.25) is 10.0 Å². The first-order valence-electron chi connectivity index (χ1n) is 8.63. The number of pyridine rings is 1. The number of carboxylic acids is 1. The Morgan fingerprint density at radius 2 is 1.81 bits per heavy atom. The number of ether oxygens (including phenoxy) is 1. The summed E-state index contributed by atoms with van der Waals surface area (Å²) in [6.45, 7) is -0.573. The second-order valence-corrected chi connectivity index (χ2v) is 6.81. The predicted octanol–water partition coefficient (Wildman–Crippen LogP) is 4.77. The van der Waals surface area contributed by atoms with Crippen LogP contribution in [0.25, 0.3) is 0 Å². The zero-order chi connectivity index (χ0) is 22.5. The molecule has 1 amide bonds. The molecule has 11 heteroatoms. The molecule has 8 nitrogen and oxygen atoms in total. The summed E-state index contributed by atoms with van der Waals surface area (Å²) in [4.78, 5) is 26.7. The number of hydrogen-bond acceptors (Lipinski definition) is 6. The van der Waals surface area contributed by atoms with Gasteiger partial charge >= 0.3 is 5.97 Å². The number of nitrogens with zero attached hydrogens (tertiary/aromatic N) is 1. The lowest BCUT2D eigenvalue weighted by Crippen LogP contribution is -2.14. The molecule has 31 heavy (non-hydrogen) atoms. The quantitative estimate of drug-likeness (QED) is 0.370. The van der Waals surface area contributed by atoms with E-state index in [0.29, 0.717) is 5.69 Å². The van der Waals surface area contributed by atoms with Crippen LogP contribution in [0, 0.1) is 5.95 Å². The van der Waals surface area contributed by atoms with Crippen molar-refractivity contribution < 1.29 is 28.9 Å². The summed E-state index contributed by atoms with van der Waals surface area (Å²) in [5.41, 5.74) is 0.391. The molecule has 1 aromatic heterocycles. The van der Waals surface area contributed by atoms with Gasteiger partial charge in [0.15, 0.2) is 11.6 Å². The highest BCUT2D eigenvalue weighted by molar-refractivity contribution is 6.38. The molecule has 160 valence electrons. The summed E-state index contributed by atoms with van der Waals surface area (Å²) in [5.74, 6) is -3.92. The van der Waals surface area contributed by atoms with Gasteiger partial charge in [0.25, 0.3) is 5.91 Å². The Bertz CT molecular complexity index is 1150. The minimum atomic E-state index is -1.22. The minimum absolute atomic E-state index is 0.00889. The molecule has 3 rings (SSSR count). The second-order valence-electron chi connectivity index (χ2n) is 6.06. The Labute approximate surface area is 185 Å². The molecule has 0 atom stereocenters. The number of para-hydroxylation sites is 1. The van der Waals surface area contributed by atoms with E-state index in [0.717, 1.165) is 0 Å². The lowest BCUT2D eigenvalue weighted by Gasteiger charge is -2.14. The first-order chi connectivity index (χ1) is 14.8. The zero-order valence-corrected chi connectivity index (χ0v) is 17.0. The van der Waals surface area contributed by atoms with Gasteiger partial charge in [-0.3, -0.25) is 9.59 Å². The van der Waals surface area contributed by atoms with Crippen molar-refractivity contribution in [1.82, 2.24) is 4.98 Å². The number of carboxylic acid groups (broad SMARTS) is 1. The van der Waals surface area contributed by atoms with Crippen LogP contribution in [0.15, 0.2) is 48.5 Å². The number of nitrogens with one attached hydrogen (secondary N) is 2. The minimum Gasteiger partial charge on any atom is -0.507 e. The van der Waals surface area contributed by atoms with Crippen LogP contribution in [0.5, 0.6) is 17.2 Å². The van der Waals surface area contributed by atoms with E-state index in [9.17, 15) is 19.1 Å². The summed E-state index contributed by atoms with van der Waals surface area (Å²) in [7, 11) is 0. The van der Waals surface area contributed by atoms with E-state index in [1.54, 1.807) is 30.3 Å². The highest BCUT2D eigenvalue weighted by Crippen LogP contribution is 2.41. The average Bonchev–Trinajstić information content (AvgIpc) is 2.74. The number of phenols is 1. The molecule has 0 saturated heterocycles. The SMILES string of the molecule is O=C(O)CNc1nc(F)c(Cl)c(Oc2ccc(O)c(C(=O)Nc3ccccc3)c2)c1Cl. The molecule has 1 heterocycles. The topological polar surface area (TPSA) is 121 Å². The van der Waals surface area contributed by atoms with Gasteiger partial charge < -0.3 is 25.6 Å². The van der Waals surface area contributed by atoms with Crippen molar-refractivity contribution >= 4 is 46.6 Å². The summed E-state index contributed by atoms with van der Waals surface area (Å²) >= 11 is 12.0. The van der Waals surface area contributed by atoms with E-state index < -0.39 is 29.4 Å². The number of amides is 1. The summed E-state index contributed by atoms with van der Waals surface area (Å²) in [5, 5.41) is 23.0. The van der Waals surface area contributed by atoms with Crippen molar-refractivity contribution in [3.63, 3.8) is 0 Å². The summed E-state index contributed by atoms with van der Waals surface area (Å²) in [6.07, 6.45) is 0. The van der Waals surface area contributed by atoms with E-state index in [4.69, 9.17) is 33.0 Å². The number of rotatable bonds is 7. The number of carbonyl (C=O) groups is 2. The van der Waals surface area contributed by atoms with Gasteiger partial charge in [0.1, 0.15) is 28.1 Å². The van der Waals surface area contributed by atoms with Crippen LogP contribution in [-0.4, -0.2) is 33.6 Å². The number of aromatic nitrogens is 1. The number of benzene rings is 2. The second kappa shape index (κ2) is 9.50. The van der Waals surface area contributed by atoms with Crippen molar-refractivity contribution in [2.45, 2.75) is 0 Å². The smallest absolute Gasteiger partial charge is 0.322 e. The molecule has 0 fully saturated rings. The van der Waals surface area contributed by atoms with Gasteiger partial charge in [0, 0.05) is 5.69 Å². The van der Waals surface area contributed by atoms with Crippen LogP contribution in [0.1, 0.15) is 10.4 Å². The Morgan fingerprint density at radius 3 is 2.48 bits per heavy atom. The third-order valence-corrected chi connectivity index (χ3v) is 4.55. The highest BCUT2D eigenvalue weighted by Gasteiger charge is 2.21. The molecule has 0 aliphatic rings. The standard InChI is InChI=1S/C20H14Cl2FN3O5/c21-15-17(16(22)19(26-18(15)23)24-9-14(28)29)31-11-6-7-13(27)12(8-11)20(30)25-10-4-2-1-3-5-10/h1-8,27H,9H2,(H,24,26)(H,25,30)(H,28,29). The van der Waals surface area contributed by atoms with Gasteiger partial charge in [0.2, 0.25) is 5.95 Å². The lowest BCUT2D eigenvalue weighted by molar-refractivity contribution is -0.134. The third kappa shape index (κ3) is 5.33. The van der Waals surface area contributed by atoms with Crippen molar-refractivity contribution in [3.05, 3.63) is 70.1 Å². The van der Waals surface area contributed by atoms with E-state index >= 15 is 0 Å². The number of aliphatic carboxylic acids is 1. The lowest BCUT2D eigenvalue weighted by atomic mass is 10.1. The maximum Gasteiger partial charge on any atom is 0.322 e. The van der Waals surface area contributed by atoms with Crippen molar-refractivity contribution in [2.24, 2.45) is 0 Å². The number of hydrogen-bond donors (Lipinski definition) is 4. The normalized spacial score (nSPS) is 10.4. The van der Waals surface area contributed by atoms with E-state index in [1.807, 2.05) is 0 Å². The van der Waals surface area contributed by atoms with Crippen LogP contribution in [0.4, 0.5) is 15.9 Å². The van der Waals surface area contributed by atoms with Gasteiger partial charge in [-0.1, -0.05) is 41.4 Å². The fourth-order valence-electron chi connectivity index (χ4n) is 2.46. The molecule has 0 saturated carbocycles. The average molecular weight is 466 g/mol. The van der Waals surface area contributed by atoms with Crippen molar-refractivity contribution in [1.29, 1.82) is 0 Å². The number of halogens is 3. The molecule has 0 unspecified atom stereocenters. The van der Waals surface area contributed by atoms with Crippen molar-refractivity contribution in [2.75, 3.05) is 17.2 Å². The Balaban J connectivity index is 1.90. The largest absolute Gasteiger partial charge is 0.507 e. The van der Waals surface area contributed by atoms with E-state index in [2.05, 4.69) is 15.6 Å². The molecule has 4 N–H and O–H groups in total. The fourth-order valence-corrected chi connectivity index (χ4v) is 2.92. The predicted molar refractivity (Wildman–Crippen MR) is 113 cm³/mol. The Hall–Kier alpha value is -3.56. The maximum atomic E-state index is 14.1. The molecule has 0 spiro atoms. The molecule has 0 radical (unpaired) electrons. The van der Waals surface area contributed by atoms with Gasteiger partial charge in [0.05, 0.1) is 5.56 Å². The molecule has 3 aromatic rings. The monoisotopic (exact) mass is 465 g/mol. The highest BCUT2D eigenvalue weighted by atomic mass is 35.5. The summed E-state index contributed by atoms with van der Waals surface area (Å²) in [6, 6.07) is 12.3. The molecule has 0 aliphatic carbocycles. The van der Waals surface area contributed by atoms with Crippen LogP contribution in [0.3, 0.4) is 0 Å². The van der Waals surface area contributed by atoms with E-state index in [1.165, 1.54) is 18.2 Å². The molecular formula is C20H14Cl2FN3O5.